The second kappa shape index (κ2) is 11.0. The summed E-state index contributed by atoms with van der Waals surface area (Å²) in [5, 5.41) is 36.7. The van der Waals surface area contributed by atoms with Gasteiger partial charge in [0.2, 0.25) is 0 Å². The van der Waals surface area contributed by atoms with Gasteiger partial charge >= 0.3 is 11.9 Å². The monoisotopic (exact) mass is 412 g/mol. The minimum Gasteiger partial charge on any atom is -0.507 e. The number of hydrogen-bond donors (Lipinski definition) is 4. The number of rotatable bonds is 8. The van der Waals surface area contributed by atoms with Crippen LogP contribution in [0, 0.1) is 0 Å². The van der Waals surface area contributed by atoms with Gasteiger partial charge in [0, 0.05) is 11.1 Å². The van der Waals surface area contributed by atoms with Crippen molar-refractivity contribution in [1.82, 2.24) is 0 Å². The van der Waals surface area contributed by atoms with E-state index in [0.29, 0.717) is 36.5 Å². The number of carbonyl (C=O) groups is 4. The second-order valence-corrected chi connectivity index (χ2v) is 5.98. The minimum absolute atomic E-state index is 0.224. The highest BCUT2D eigenvalue weighted by molar-refractivity contribution is 5.94. The standard InChI is InChI=1S/2C11H10O4/c2*1-2-3-8-4-7(6-12)5-9(10(8)13)11(14)15/h2*2,4-6,13H,1,3H2,(H,14,15). The highest BCUT2D eigenvalue weighted by Crippen LogP contribution is 2.26. The SMILES string of the molecule is C=CCc1cc(C=O)cc(C(=O)O)c1O.C=CCc1cc(C=O)cc(C(=O)O)c1O. The molecule has 0 fully saturated rings. The van der Waals surface area contributed by atoms with Crippen LogP contribution in [0.3, 0.4) is 0 Å². The maximum Gasteiger partial charge on any atom is 0.339 e. The molecule has 4 N–H and O–H groups in total. The van der Waals surface area contributed by atoms with Gasteiger partial charge in [-0.25, -0.2) is 9.59 Å². The number of benzene rings is 2. The summed E-state index contributed by atoms with van der Waals surface area (Å²) >= 11 is 0. The Morgan fingerprint density at radius 2 is 1.07 bits per heavy atom. The lowest BCUT2D eigenvalue weighted by Crippen LogP contribution is -2.01. The Labute approximate surface area is 172 Å². The number of allylic oxidation sites excluding steroid dienone is 2. The van der Waals surface area contributed by atoms with Crippen LogP contribution in [0.5, 0.6) is 11.5 Å². The molecule has 0 bridgehead atoms. The summed E-state index contributed by atoms with van der Waals surface area (Å²) < 4.78 is 0. The summed E-state index contributed by atoms with van der Waals surface area (Å²) in [5.41, 5.74) is 0.677. The average molecular weight is 412 g/mol. The highest BCUT2D eigenvalue weighted by atomic mass is 16.4. The van der Waals surface area contributed by atoms with Gasteiger partial charge in [0.1, 0.15) is 35.2 Å². The first-order valence-electron chi connectivity index (χ1n) is 8.50. The Hall–Kier alpha value is -4.20. The fourth-order valence-corrected chi connectivity index (χ4v) is 2.52. The van der Waals surface area contributed by atoms with E-state index < -0.39 is 11.9 Å². The van der Waals surface area contributed by atoms with Crippen molar-refractivity contribution in [1.29, 1.82) is 0 Å². The van der Waals surface area contributed by atoms with E-state index in [-0.39, 0.29) is 33.8 Å². The number of phenols is 2. The molecule has 8 nitrogen and oxygen atoms in total. The van der Waals surface area contributed by atoms with Crippen molar-refractivity contribution in [2.45, 2.75) is 12.8 Å². The number of carbonyl (C=O) groups excluding carboxylic acids is 2. The molecule has 8 heteroatoms. The van der Waals surface area contributed by atoms with Gasteiger partial charge < -0.3 is 20.4 Å². The van der Waals surface area contributed by atoms with Crippen molar-refractivity contribution in [2.75, 3.05) is 0 Å². The smallest absolute Gasteiger partial charge is 0.339 e. The lowest BCUT2D eigenvalue weighted by molar-refractivity contribution is 0.0682. The zero-order chi connectivity index (χ0) is 22.8. The van der Waals surface area contributed by atoms with Crippen LogP contribution < -0.4 is 0 Å². The lowest BCUT2D eigenvalue weighted by Gasteiger charge is -2.06. The summed E-state index contributed by atoms with van der Waals surface area (Å²) in [5.74, 6) is -3.15. The van der Waals surface area contributed by atoms with Gasteiger partial charge in [-0.05, 0) is 48.2 Å². The maximum absolute atomic E-state index is 10.7. The minimum atomic E-state index is -1.26. The Kier molecular flexibility index (Phi) is 8.71. The summed E-state index contributed by atoms with van der Waals surface area (Å²) in [7, 11) is 0. The molecule has 0 heterocycles. The van der Waals surface area contributed by atoms with E-state index in [1.165, 1.54) is 24.3 Å². The van der Waals surface area contributed by atoms with Gasteiger partial charge in [-0.3, -0.25) is 9.59 Å². The van der Waals surface area contributed by atoms with Crippen LogP contribution in [0.15, 0.2) is 49.6 Å². The third-order valence-electron chi connectivity index (χ3n) is 3.88. The van der Waals surface area contributed by atoms with Gasteiger partial charge in [-0.2, -0.15) is 0 Å². The molecular weight excluding hydrogens is 392 g/mol. The molecule has 0 atom stereocenters. The number of aldehydes is 2. The molecule has 156 valence electrons. The first-order valence-corrected chi connectivity index (χ1v) is 8.50. The fraction of sp³-hybridized carbons (Fsp3) is 0.0909. The molecule has 0 aliphatic rings. The van der Waals surface area contributed by atoms with Gasteiger partial charge in [0.25, 0.3) is 0 Å². The Bertz CT molecular complexity index is 923. The van der Waals surface area contributed by atoms with E-state index in [0.717, 1.165) is 12.1 Å². The van der Waals surface area contributed by atoms with Gasteiger partial charge in [-0.1, -0.05) is 12.2 Å². The molecule has 0 saturated carbocycles. The molecule has 0 spiro atoms. The van der Waals surface area contributed by atoms with Crippen LogP contribution in [-0.2, 0) is 12.8 Å². The molecule has 0 saturated heterocycles. The van der Waals surface area contributed by atoms with Crippen molar-refractivity contribution in [3.8, 4) is 11.5 Å². The molecule has 2 aromatic carbocycles. The quantitative estimate of drug-likeness (QED) is 0.381. The van der Waals surface area contributed by atoms with Crippen LogP contribution in [0.1, 0.15) is 52.6 Å². The Morgan fingerprint density at radius 1 is 0.733 bits per heavy atom. The molecule has 0 aliphatic carbocycles. The molecule has 0 amide bonds. The van der Waals surface area contributed by atoms with Crippen LogP contribution in [0.4, 0.5) is 0 Å². The number of aromatic hydroxyl groups is 2. The average Bonchev–Trinajstić information content (AvgIpc) is 2.71. The van der Waals surface area contributed by atoms with Crippen molar-refractivity contribution >= 4 is 24.5 Å². The zero-order valence-corrected chi connectivity index (χ0v) is 15.9. The highest BCUT2D eigenvalue weighted by Gasteiger charge is 2.15. The zero-order valence-electron chi connectivity index (χ0n) is 15.9. The summed E-state index contributed by atoms with van der Waals surface area (Å²) in [6.45, 7) is 6.96. The fourth-order valence-electron chi connectivity index (χ4n) is 2.52. The maximum atomic E-state index is 10.7. The van der Waals surface area contributed by atoms with Crippen molar-refractivity contribution in [3.63, 3.8) is 0 Å². The first kappa shape index (κ1) is 23.8. The van der Waals surface area contributed by atoms with E-state index in [9.17, 15) is 29.4 Å². The van der Waals surface area contributed by atoms with Crippen LogP contribution in [0.25, 0.3) is 0 Å². The molecule has 0 aliphatic heterocycles. The second-order valence-electron chi connectivity index (χ2n) is 5.98. The number of hydrogen-bond acceptors (Lipinski definition) is 6. The molecule has 0 aromatic heterocycles. The van der Waals surface area contributed by atoms with E-state index in [4.69, 9.17) is 10.2 Å². The molecule has 0 unspecified atom stereocenters. The van der Waals surface area contributed by atoms with Crippen LogP contribution in [0.2, 0.25) is 0 Å². The van der Waals surface area contributed by atoms with Crippen LogP contribution in [-0.4, -0.2) is 44.9 Å². The van der Waals surface area contributed by atoms with E-state index >= 15 is 0 Å². The van der Waals surface area contributed by atoms with Crippen molar-refractivity contribution in [2.24, 2.45) is 0 Å². The molecular formula is C22H20O8. The summed E-state index contributed by atoms with van der Waals surface area (Å²) in [6.07, 6.45) is 4.75. The normalized spacial score (nSPS) is 9.60. The van der Waals surface area contributed by atoms with E-state index in [1.807, 2.05) is 0 Å². The third-order valence-corrected chi connectivity index (χ3v) is 3.88. The summed E-state index contributed by atoms with van der Waals surface area (Å²) in [6, 6.07) is 5.15. The topological polar surface area (TPSA) is 149 Å². The molecule has 2 rings (SSSR count). The van der Waals surface area contributed by atoms with E-state index in [2.05, 4.69) is 13.2 Å². The molecule has 2 aromatic rings. The third kappa shape index (κ3) is 5.90. The van der Waals surface area contributed by atoms with Gasteiger partial charge in [0.15, 0.2) is 0 Å². The number of carboxylic acids is 2. The predicted octanol–water partition coefficient (Wildman–Crippen LogP) is 3.26. The van der Waals surface area contributed by atoms with Gasteiger partial charge in [0.05, 0.1) is 0 Å². The number of carboxylic acid groups (broad SMARTS) is 2. The summed E-state index contributed by atoms with van der Waals surface area (Å²) in [4.78, 5) is 42.6. The Morgan fingerprint density at radius 3 is 1.30 bits per heavy atom. The van der Waals surface area contributed by atoms with Crippen LogP contribution >= 0.6 is 0 Å². The van der Waals surface area contributed by atoms with E-state index in [1.54, 1.807) is 0 Å². The molecule has 0 radical (unpaired) electrons. The Balaban J connectivity index is 0.000000300. The number of aromatic carboxylic acids is 2. The van der Waals surface area contributed by atoms with Crippen molar-refractivity contribution < 1.29 is 39.6 Å². The largest absolute Gasteiger partial charge is 0.507 e. The molecule has 30 heavy (non-hydrogen) atoms. The van der Waals surface area contributed by atoms with Crippen molar-refractivity contribution in [3.05, 3.63) is 83.0 Å². The van der Waals surface area contributed by atoms with Gasteiger partial charge in [-0.15, -0.1) is 13.2 Å². The first-order chi connectivity index (χ1) is 14.2. The lowest BCUT2D eigenvalue weighted by atomic mass is 10.0. The predicted molar refractivity (Wildman–Crippen MR) is 109 cm³/mol.